The Labute approximate surface area is 112 Å². The van der Waals surface area contributed by atoms with Crippen molar-refractivity contribution in [3.8, 4) is 0 Å². The molecule has 0 aliphatic heterocycles. The van der Waals surface area contributed by atoms with Crippen LogP contribution in [0, 0.1) is 19.8 Å². The van der Waals surface area contributed by atoms with Gasteiger partial charge in [-0.05, 0) is 55.8 Å². The Kier molecular flexibility index (Phi) is 4.11. The molecule has 1 heteroatoms. The van der Waals surface area contributed by atoms with Crippen LogP contribution in [0.4, 0.5) is 0 Å². The Hall–Kier alpha value is -0.820. The number of hydrogen-bond donors (Lipinski definition) is 1. The Morgan fingerprint density at radius 1 is 1.17 bits per heavy atom. The third-order valence-electron chi connectivity index (χ3n) is 4.45. The van der Waals surface area contributed by atoms with Crippen molar-refractivity contribution >= 4 is 0 Å². The molecule has 1 aliphatic rings. The molecule has 1 aromatic carbocycles. The average molecular weight is 245 g/mol. The summed E-state index contributed by atoms with van der Waals surface area (Å²) in [7, 11) is 0. The van der Waals surface area contributed by atoms with Gasteiger partial charge in [-0.2, -0.15) is 0 Å². The van der Waals surface area contributed by atoms with Crippen molar-refractivity contribution < 1.29 is 0 Å². The predicted molar refractivity (Wildman–Crippen MR) is 79.2 cm³/mol. The molecule has 1 aliphatic carbocycles. The van der Waals surface area contributed by atoms with Gasteiger partial charge in [-0.25, -0.2) is 0 Å². The van der Waals surface area contributed by atoms with Crippen molar-refractivity contribution in [1.29, 1.82) is 0 Å². The van der Waals surface area contributed by atoms with Gasteiger partial charge in [0, 0.05) is 12.0 Å². The number of aryl methyl sites for hydroxylation is 2. The summed E-state index contributed by atoms with van der Waals surface area (Å²) in [6.07, 6.45) is 4.08. The van der Waals surface area contributed by atoms with Crippen LogP contribution in [-0.2, 0) is 5.41 Å². The van der Waals surface area contributed by atoms with Gasteiger partial charge in [0.25, 0.3) is 0 Å². The second-order valence-electron chi connectivity index (χ2n) is 6.46. The summed E-state index contributed by atoms with van der Waals surface area (Å²) in [6.45, 7) is 11.3. The molecule has 0 aromatic heterocycles. The minimum absolute atomic E-state index is 0.424. The number of nitrogens with one attached hydrogen (secondary N) is 1. The summed E-state index contributed by atoms with van der Waals surface area (Å²) in [5, 5.41) is 3.66. The van der Waals surface area contributed by atoms with Gasteiger partial charge in [-0.3, -0.25) is 0 Å². The lowest BCUT2D eigenvalue weighted by molar-refractivity contribution is 0.231. The van der Waals surface area contributed by atoms with Crippen LogP contribution in [0.15, 0.2) is 18.2 Å². The zero-order chi connectivity index (χ0) is 13.2. The van der Waals surface area contributed by atoms with E-state index < -0.39 is 0 Å². The maximum absolute atomic E-state index is 3.66. The molecule has 1 aromatic rings. The summed E-state index contributed by atoms with van der Waals surface area (Å²) < 4.78 is 0. The van der Waals surface area contributed by atoms with Gasteiger partial charge >= 0.3 is 0 Å². The first kappa shape index (κ1) is 13.6. The first-order valence-corrected chi connectivity index (χ1v) is 7.32. The molecule has 1 fully saturated rings. The van der Waals surface area contributed by atoms with E-state index in [1.165, 1.54) is 30.4 Å². The van der Waals surface area contributed by atoms with Gasteiger partial charge in [0.05, 0.1) is 0 Å². The van der Waals surface area contributed by atoms with E-state index in [2.05, 4.69) is 51.2 Å². The van der Waals surface area contributed by atoms with Gasteiger partial charge < -0.3 is 5.32 Å². The van der Waals surface area contributed by atoms with E-state index in [0.29, 0.717) is 5.41 Å². The third-order valence-corrected chi connectivity index (χ3v) is 4.45. The summed E-state index contributed by atoms with van der Waals surface area (Å²) in [5.41, 5.74) is 4.81. The lowest BCUT2D eigenvalue weighted by Gasteiger charge is -2.43. The first-order valence-electron chi connectivity index (χ1n) is 7.32. The second-order valence-corrected chi connectivity index (χ2v) is 6.46. The highest BCUT2D eigenvalue weighted by Gasteiger charge is 2.38. The first-order chi connectivity index (χ1) is 8.53. The van der Waals surface area contributed by atoms with Crippen LogP contribution >= 0.6 is 0 Å². The van der Waals surface area contributed by atoms with E-state index in [1.807, 2.05) is 0 Å². The van der Waals surface area contributed by atoms with Gasteiger partial charge in [-0.15, -0.1) is 0 Å². The smallest absolute Gasteiger partial charge is 0.00779 e. The fourth-order valence-corrected chi connectivity index (χ4v) is 2.84. The topological polar surface area (TPSA) is 12.0 Å². The third kappa shape index (κ3) is 2.77. The van der Waals surface area contributed by atoms with Crippen LogP contribution < -0.4 is 5.32 Å². The molecule has 0 amide bonds. The molecule has 100 valence electrons. The molecule has 0 atom stereocenters. The number of benzene rings is 1. The van der Waals surface area contributed by atoms with Crippen molar-refractivity contribution in [2.75, 3.05) is 13.1 Å². The van der Waals surface area contributed by atoms with Crippen LogP contribution in [0.25, 0.3) is 0 Å². The zero-order valence-corrected chi connectivity index (χ0v) is 12.3. The quantitative estimate of drug-likeness (QED) is 0.827. The molecule has 0 spiro atoms. The van der Waals surface area contributed by atoms with Crippen LogP contribution in [0.5, 0.6) is 0 Å². The normalized spacial score (nSPS) is 17.8. The molecule has 18 heavy (non-hydrogen) atoms. The Bertz CT molecular complexity index is 402. The van der Waals surface area contributed by atoms with E-state index in [-0.39, 0.29) is 0 Å². The van der Waals surface area contributed by atoms with Gasteiger partial charge in [0.2, 0.25) is 0 Å². The van der Waals surface area contributed by atoms with Gasteiger partial charge in [0.1, 0.15) is 0 Å². The zero-order valence-electron chi connectivity index (χ0n) is 12.3. The average Bonchev–Trinajstić information content (AvgIpc) is 2.26. The maximum Gasteiger partial charge on any atom is 0.00779 e. The van der Waals surface area contributed by atoms with E-state index in [1.54, 1.807) is 5.56 Å². The highest BCUT2D eigenvalue weighted by atomic mass is 14.9. The molecule has 1 nitrogen and oxygen atoms in total. The van der Waals surface area contributed by atoms with Crippen molar-refractivity contribution in [2.24, 2.45) is 5.92 Å². The minimum Gasteiger partial charge on any atom is -0.316 e. The minimum atomic E-state index is 0.424. The van der Waals surface area contributed by atoms with E-state index in [0.717, 1.165) is 19.0 Å². The predicted octanol–water partition coefficient (Wildman–Crippen LogP) is 3.97. The molecule has 0 bridgehead atoms. The van der Waals surface area contributed by atoms with E-state index in [4.69, 9.17) is 0 Å². The summed E-state index contributed by atoms with van der Waals surface area (Å²) in [5.74, 6) is 0.738. The molecule has 2 rings (SSSR count). The molecule has 0 radical (unpaired) electrons. The lowest BCUT2D eigenvalue weighted by atomic mass is 9.64. The fraction of sp³-hybridized carbons (Fsp3) is 0.647. The molecular formula is C17H27N. The van der Waals surface area contributed by atoms with E-state index >= 15 is 0 Å². The van der Waals surface area contributed by atoms with E-state index in [9.17, 15) is 0 Å². The molecule has 1 N–H and O–H groups in total. The molecule has 0 saturated heterocycles. The van der Waals surface area contributed by atoms with Crippen molar-refractivity contribution in [1.82, 2.24) is 5.32 Å². The fourth-order valence-electron chi connectivity index (χ4n) is 2.84. The maximum atomic E-state index is 3.66. The number of hydrogen-bond acceptors (Lipinski definition) is 1. The lowest BCUT2D eigenvalue weighted by Crippen LogP contribution is -2.44. The van der Waals surface area contributed by atoms with Crippen LogP contribution in [0.3, 0.4) is 0 Å². The summed E-state index contributed by atoms with van der Waals surface area (Å²) in [6, 6.07) is 7.04. The largest absolute Gasteiger partial charge is 0.316 e. The Morgan fingerprint density at radius 2 is 1.89 bits per heavy atom. The molecule has 0 heterocycles. The van der Waals surface area contributed by atoms with Crippen molar-refractivity contribution in [2.45, 2.75) is 52.4 Å². The summed E-state index contributed by atoms with van der Waals surface area (Å²) >= 11 is 0. The molecule has 1 saturated carbocycles. The van der Waals surface area contributed by atoms with Crippen LogP contribution in [0.2, 0.25) is 0 Å². The van der Waals surface area contributed by atoms with Crippen molar-refractivity contribution in [3.63, 3.8) is 0 Å². The Balaban J connectivity index is 2.09. The van der Waals surface area contributed by atoms with Crippen LogP contribution in [-0.4, -0.2) is 13.1 Å². The highest BCUT2D eigenvalue weighted by Crippen LogP contribution is 2.43. The second kappa shape index (κ2) is 5.44. The van der Waals surface area contributed by atoms with Gasteiger partial charge in [0.15, 0.2) is 0 Å². The molecular weight excluding hydrogens is 218 g/mol. The highest BCUT2D eigenvalue weighted by molar-refractivity contribution is 5.36. The monoisotopic (exact) mass is 245 g/mol. The SMILES string of the molecule is Cc1ccc(C2(CNCC(C)C)CCC2)cc1C. The number of rotatable bonds is 5. The Morgan fingerprint density at radius 3 is 2.39 bits per heavy atom. The molecule has 0 unspecified atom stereocenters. The standard InChI is InChI=1S/C17H27N/c1-13(2)11-18-12-17(8-5-9-17)16-7-6-14(3)15(4)10-16/h6-7,10,13,18H,5,8-9,11-12H2,1-4H3. The van der Waals surface area contributed by atoms with Crippen molar-refractivity contribution in [3.05, 3.63) is 34.9 Å². The van der Waals surface area contributed by atoms with Gasteiger partial charge in [-0.1, -0.05) is 38.5 Å². The van der Waals surface area contributed by atoms with Crippen LogP contribution in [0.1, 0.15) is 49.8 Å². The summed E-state index contributed by atoms with van der Waals surface area (Å²) in [4.78, 5) is 0.